The molecule has 2 aliphatic rings. The van der Waals surface area contributed by atoms with Crippen LogP contribution in [-0.2, 0) is 15.8 Å². The second-order valence-corrected chi connectivity index (χ2v) is 10.9. The van der Waals surface area contributed by atoms with Gasteiger partial charge in [0, 0.05) is 46.4 Å². The molecule has 0 aliphatic carbocycles. The third-order valence-corrected chi connectivity index (χ3v) is 8.34. The number of oxime groups is 1. The molecule has 0 radical (unpaired) electrons. The number of piperidine rings is 1. The number of hydrogen-bond donors (Lipinski definition) is 0. The van der Waals surface area contributed by atoms with Gasteiger partial charge in [0.05, 0.1) is 17.8 Å². The minimum Gasteiger partial charge on any atom is -0.491 e. The van der Waals surface area contributed by atoms with Crippen LogP contribution in [0.2, 0.25) is 10.0 Å². The van der Waals surface area contributed by atoms with E-state index in [-0.39, 0.29) is 29.6 Å². The lowest BCUT2D eigenvalue weighted by molar-refractivity contribution is -0.141. The van der Waals surface area contributed by atoms with E-state index in [1.165, 1.54) is 18.4 Å². The number of likely N-dealkylation sites (tertiary alicyclic amines) is 1. The minimum absolute atomic E-state index is 0.0117. The van der Waals surface area contributed by atoms with Gasteiger partial charge in [0.1, 0.15) is 11.4 Å². The zero-order valence-corrected chi connectivity index (χ0v) is 23.4. The molecule has 0 bridgehead atoms. The van der Waals surface area contributed by atoms with Gasteiger partial charge in [0.2, 0.25) is 0 Å². The van der Waals surface area contributed by atoms with Crippen LogP contribution < -0.4 is 9.47 Å². The van der Waals surface area contributed by atoms with Gasteiger partial charge < -0.3 is 19.2 Å². The Morgan fingerprint density at radius 1 is 1.15 bits per heavy atom. The predicted octanol–water partition coefficient (Wildman–Crippen LogP) is 6.52. The van der Waals surface area contributed by atoms with Crippen LogP contribution in [0.1, 0.15) is 53.2 Å². The van der Waals surface area contributed by atoms with Crippen LogP contribution in [0.5, 0.6) is 11.6 Å². The average Bonchev–Trinajstić information content (AvgIpc) is 3.61. The molecule has 1 unspecified atom stereocenters. The van der Waals surface area contributed by atoms with Crippen molar-refractivity contribution < 1.29 is 32.3 Å². The summed E-state index contributed by atoms with van der Waals surface area (Å²) in [5.41, 5.74) is 1.02. The maximum absolute atomic E-state index is 13.0. The van der Waals surface area contributed by atoms with Gasteiger partial charge in [-0.15, -0.1) is 11.3 Å². The first-order valence-corrected chi connectivity index (χ1v) is 13.9. The molecule has 1 amide bonds. The van der Waals surface area contributed by atoms with Crippen LogP contribution in [0.15, 0.2) is 40.9 Å². The SMILES string of the molecule is COc1ccc(C(F)(F)F)nc1OCC(=O)N1CCC(c2nc(C3=NOC(c4c(Cl)cccc4Cl)C3)cs2)CC1. The van der Waals surface area contributed by atoms with Crippen molar-refractivity contribution >= 4 is 46.2 Å². The van der Waals surface area contributed by atoms with Crippen LogP contribution in [0.3, 0.4) is 0 Å². The van der Waals surface area contributed by atoms with E-state index in [4.69, 9.17) is 42.5 Å². The summed E-state index contributed by atoms with van der Waals surface area (Å²) in [6, 6.07) is 7.19. The van der Waals surface area contributed by atoms with Gasteiger partial charge in [0.15, 0.2) is 18.5 Å². The molecule has 0 N–H and O–H groups in total. The highest BCUT2D eigenvalue weighted by Crippen LogP contribution is 2.39. The number of thiazole rings is 1. The van der Waals surface area contributed by atoms with E-state index >= 15 is 0 Å². The molecule has 1 atom stereocenters. The molecule has 1 saturated heterocycles. The van der Waals surface area contributed by atoms with E-state index in [9.17, 15) is 18.0 Å². The molecule has 2 aliphatic heterocycles. The second kappa shape index (κ2) is 11.8. The number of hydrogen-bond acceptors (Lipinski definition) is 8. The second-order valence-electron chi connectivity index (χ2n) is 9.19. The van der Waals surface area contributed by atoms with E-state index in [2.05, 4.69) is 10.1 Å². The first kappa shape index (κ1) is 28.4. The Morgan fingerprint density at radius 3 is 2.55 bits per heavy atom. The number of ether oxygens (including phenoxy) is 2. The Hall–Kier alpha value is -3.09. The van der Waals surface area contributed by atoms with E-state index in [0.29, 0.717) is 53.7 Å². The van der Waals surface area contributed by atoms with E-state index < -0.39 is 18.5 Å². The number of amides is 1. The molecule has 0 saturated carbocycles. The van der Waals surface area contributed by atoms with Crippen LogP contribution in [0.4, 0.5) is 13.2 Å². The van der Waals surface area contributed by atoms with Crippen LogP contribution in [0, 0.1) is 0 Å². The third-order valence-electron chi connectivity index (χ3n) is 6.67. The Balaban J connectivity index is 1.14. The van der Waals surface area contributed by atoms with Gasteiger partial charge in [-0.1, -0.05) is 34.4 Å². The Morgan fingerprint density at radius 2 is 1.88 bits per heavy atom. The zero-order chi connectivity index (χ0) is 28.4. The molecule has 1 fully saturated rings. The monoisotopic (exact) mass is 614 g/mol. The summed E-state index contributed by atoms with van der Waals surface area (Å²) in [7, 11) is 1.28. The summed E-state index contributed by atoms with van der Waals surface area (Å²) in [5.74, 6) is -0.557. The minimum atomic E-state index is -4.64. The Kier molecular flexibility index (Phi) is 8.39. The number of nitrogens with zero attached hydrogens (tertiary/aromatic N) is 4. The van der Waals surface area contributed by atoms with E-state index in [0.717, 1.165) is 22.8 Å². The Bertz CT molecular complexity index is 1410. The lowest BCUT2D eigenvalue weighted by atomic mass is 9.97. The number of halogens is 5. The Labute approximate surface area is 241 Å². The van der Waals surface area contributed by atoms with Gasteiger partial charge in [-0.2, -0.15) is 13.2 Å². The maximum Gasteiger partial charge on any atom is 0.433 e. The highest BCUT2D eigenvalue weighted by Gasteiger charge is 2.34. The molecule has 212 valence electrons. The van der Waals surface area contributed by atoms with Crippen molar-refractivity contribution in [3.8, 4) is 11.6 Å². The van der Waals surface area contributed by atoms with Crippen molar-refractivity contribution in [3.63, 3.8) is 0 Å². The summed E-state index contributed by atoms with van der Waals surface area (Å²) in [6.07, 6.45) is -3.17. The first-order valence-electron chi connectivity index (χ1n) is 12.3. The molecular weight excluding hydrogens is 592 g/mol. The quantitative estimate of drug-likeness (QED) is 0.301. The van der Waals surface area contributed by atoms with Gasteiger partial charge in [-0.3, -0.25) is 4.79 Å². The number of pyridine rings is 1. The lowest BCUT2D eigenvalue weighted by Crippen LogP contribution is -2.40. The molecule has 2 aromatic heterocycles. The number of alkyl halides is 3. The van der Waals surface area contributed by atoms with Crippen LogP contribution >= 0.6 is 34.5 Å². The van der Waals surface area contributed by atoms with Crippen molar-refractivity contribution in [2.24, 2.45) is 5.16 Å². The largest absolute Gasteiger partial charge is 0.491 e. The lowest BCUT2D eigenvalue weighted by Gasteiger charge is -2.31. The number of aromatic nitrogens is 2. The molecule has 5 rings (SSSR count). The van der Waals surface area contributed by atoms with Crippen molar-refractivity contribution in [1.82, 2.24) is 14.9 Å². The predicted molar refractivity (Wildman–Crippen MR) is 143 cm³/mol. The first-order chi connectivity index (χ1) is 19.1. The highest BCUT2D eigenvalue weighted by atomic mass is 35.5. The van der Waals surface area contributed by atoms with Gasteiger partial charge in [-0.25, -0.2) is 9.97 Å². The van der Waals surface area contributed by atoms with E-state index in [1.54, 1.807) is 23.1 Å². The standard InChI is InChI=1S/C26H23Cl2F3N4O4S/c1-37-19-5-6-21(26(29,30)31)33-24(19)38-12-22(36)35-9-7-14(8-10-35)25-32-18(13-40-25)17-11-20(39-34-17)23-15(27)3-2-4-16(23)28/h2-6,13-14,20H,7-12H2,1H3. The smallest absolute Gasteiger partial charge is 0.433 e. The summed E-state index contributed by atoms with van der Waals surface area (Å²) < 4.78 is 49.4. The fraction of sp³-hybridized carbons (Fsp3) is 0.385. The molecule has 14 heteroatoms. The van der Waals surface area contributed by atoms with Crippen LogP contribution in [0.25, 0.3) is 0 Å². The number of methoxy groups -OCH3 is 1. The van der Waals surface area contributed by atoms with Crippen molar-refractivity contribution in [2.75, 3.05) is 26.8 Å². The fourth-order valence-electron chi connectivity index (χ4n) is 4.55. The average molecular weight is 615 g/mol. The third kappa shape index (κ3) is 6.13. The number of carbonyl (C=O) groups excluding carboxylic acids is 1. The molecule has 0 spiro atoms. The van der Waals surface area contributed by atoms with Gasteiger partial charge in [0.25, 0.3) is 11.8 Å². The van der Waals surface area contributed by atoms with Gasteiger partial charge >= 0.3 is 6.18 Å². The van der Waals surface area contributed by atoms with E-state index in [1.807, 2.05) is 5.38 Å². The molecule has 3 aromatic rings. The van der Waals surface area contributed by atoms with Crippen molar-refractivity contribution in [2.45, 2.75) is 37.5 Å². The van der Waals surface area contributed by atoms with Crippen molar-refractivity contribution in [1.29, 1.82) is 0 Å². The summed E-state index contributed by atoms with van der Waals surface area (Å²) in [5, 5.41) is 8.14. The number of benzene rings is 1. The number of rotatable bonds is 7. The topological polar surface area (TPSA) is 86.1 Å². The molecule has 8 nitrogen and oxygen atoms in total. The summed E-state index contributed by atoms with van der Waals surface area (Å²) in [4.78, 5) is 28.2. The van der Waals surface area contributed by atoms with Crippen LogP contribution in [-0.4, -0.2) is 53.3 Å². The number of carbonyl (C=O) groups is 1. The summed E-state index contributed by atoms with van der Waals surface area (Å²) in [6.45, 7) is 0.477. The molecular formula is C26H23Cl2F3N4O4S. The molecule has 40 heavy (non-hydrogen) atoms. The van der Waals surface area contributed by atoms with Crippen molar-refractivity contribution in [3.05, 3.63) is 67.7 Å². The summed E-state index contributed by atoms with van der Waals surface area (Å²) >= 11 is 14.2. The molecule has 1 aromatic carbocycles. The zero-order valence-electron chi connectivity index (χ0n) is 21.1. The molecule has 4 heterocycles. The maximum atomic E-state index is 13.0. The fourth-order valence-corrected chi connectivity index (χ4v) is 6.19. The highest BCUT2D eigenvalue weighted by molar-refractivity contribution is 7.10. The normalized spacial score (nSPS) is 17.9. The van der Waals surface area contributed by atoms with Gasteiger partial charge in [-0.05, 0) is 37.1 Å².